The molecule has 1 heterocycles. The second-order valence-corrected chi connectivity index (χ2v) is 5.39. The number of hydrogen-bond donors (Lipinski definition) is 1. The van der Waals surface area contributed by atoms with E-state index in [0.29, 0.717) is 24.6 Å². The Hall–Kier alpha value is -2.43. The number of carbonyl (C=O) groups is 1. The minimum Gasteiger partial charge on any atom is -0.367 e. The molecule has 22 heavy (non-hydrogen) atoms. The third-order valence-electron chi connectivity index (χ3n) is 3.19. The smallest absolute Gasteiger partial charge is 0.274 e. The Morgan fingerprint density at radius 2 is 1.91 bits per heavy atom. The lowest BCUT2D eigenvalue weighted by Crippen LogP contribution is -2.31. The fourth-order valence-corrected chi connectivity index (χ4v) is 2.10. The average Bonchev–Trinajstić information content (AvgIpc) is 2.53. The Balaban J connectivity index is 2.08. The van der Waals surface area contributed by atoms with Crippen LogP contribution in [0.1, 0.15) is 36.8 Å². The van der Waals surface area contributed by atoms with Crippen LogP contribution in [0.25, 0.3) is 0 Å². The fourth-order valence-electron chi connectivity index (χ4n) is 2.10. The molecule has 1 amide bonds. The summed E-state index contributed by atoms with van der Waals surface area (Å²) in [6, 6.07) is 10.2. The van der Waals surface area contributed by atoms with Crippen molar-refractivity contribution in [1.29, 1.82) is 0 Å². The van der Waals surface area contributed by atoms with E-state index in [4.69, 9.17) is 0 Å². The maximum atomic E-state index is 12.5. The highest BCUT2D eigenvalue weighted by Crippen LogP contribution is 2.09. The van der Waals surface area contributed by atoms with Crippen molar-refractivity contribution in [3.8, 4) is 0 Å². The van der Waals surface area contributed by atoms with Crippen LogP contribution in [0.15, 0.2) is 42.7 Å². The van der Waals surface area contributed by atoms with E-state index in [1.54, 1.807) is 11.1 Å². The van der Waals surface area contributed by atoms with Crippen molar-refractivity contribution in [2.45, 2.75) is 33.4 Å². The lowest BCUT2D eigenvalue weighted by molar-refractivity contribution is 0.0746. The molecule has 1 N–H and O–H groups in total. The molecule has 5 heteroatoms. The van der Waals surface area contributed by atoms with Crippen LogP contribution in [0.4, 0.5) is 5.82 Å². The molecule has 1 aromatic heterocycles. The summed E-state index contributed by atoms with van der Waals surface area (Å²) in [5.41, 5.74) is 1.47. The van der Waals surface area contributed by atoms with E-state index in [1.807, 2.05) is 51.1 Å². The van der Waals surface area contributed by atoms with Gasteiger partial charge in [0.1, 0.15) is 11.5 Å². The van der Waals surface area contributed by atoms with E-state index in [-0.39, 0.29) is 11.9 Å². The molecule has 0 aliphatic heterocycles. The lowest BCUT2D eigenvalue weighted by atomic mass is 10.2. The quantitative estimate of drug-likeness (QED) is 0.890. The topological polar surface area (TPSA) is 58.1 Å². The van der Waals surface area contributed by atoms with Gasteiger partial charge in [-0.15, -0.1) is 0 Å². The Kier molecular flexibility index (Phi) is 5.47. The third kappa shape index (κ3) is 4.28. The second-order valence-electron chi connectivity index (χ2n) is 5.39. The summed E-state index contributed by atoms with van der Waals surface area (Å²) in [7, 11) is 0. The first kappa shape index (κ1) is 15.9. The molecular formula is C17H22N4O. The van der Waals surface area contributed by atoms with Gasteiger partial charge in [0.25, 0.3) is 5.91 Å². The number of rotatable bonds is 6. The van der Waals surface area contributed by atoms with Gasteiger partial charge in [0.2, 0.25) is 0 Å². The van der Waals surface area contributed by atoms with Crippen LogP contribution in [0.3, 0.4) is 0 Å². The number of carbonyl (C=O) groups excluding carboxylic acids is 1. The Morgan fingerprint density at radius 1 is 1.18 bits per heavy atom. The predicted molar refractivity (Wildman–Crippen MR) is 87.6 cm³/mol. The standard InChI is InChI=1S/C17H22N4O/c1-4-21(12-14-8-6-5-7-9-14)17(22)15-10-19-16(11-18-15)20-13(2)3/h5-11,13H,4,12H2,1-3H3,(H,19,20). The van der Waals surface area contributed by atoms with E-state index in [0.717, 1.165) is 5.56 Å². The van der Waals surface area contributed by atoms with E-state index < -0.39 is 0 Å². The SMILES string of the molecule is CCN(Cc1ccccc1)C(=O)c1cnc(NC(C)C)cn1. The lowest BCUT2D eigenvalue weighted by Gasteiger charge is -2.20. The minimum atomic E-state index is -0.102. The fraction of sp³-hybridized carbons (Fsp3) is 0.353. The van der Waals surface area contributed by atoms with Crippen LogP contribution in [-0.2, 0) is 6.54 Å². The molecule has 0 aliphatic rings. The van der Waals surface area contributed by atoms with Crippen molar-refractivity contribution < 1.29 is 4.79 Å². The van der Waals surface area contributed by atoms with Crippen LogP contribution in [0.2, 0.25) is 0 Å². The van der Waals surface area contributed by atoms with E-state index in [2.05, 4.69) is 15.3 Å². The molecule has 0 bridgehead atoms. The first-order valence-corrected chi connectivity index (χ1v) is 7.52. The Bertz CT molecular complexity index is 596. The van der Waals surface area contributed by atoms with Crippen molar-refractivity contribution in [1.82, 2.24) is 14.9 Å². The highest BCUT2D eigenvalue weighted by atomic mass is 16.2. The number of hydrogen-bond acceptors (Lipinski definition) is 4. The summed E-state index contributed by atoms with van der Waals surface area (Å²) < 4.78 is 0. The number of amides is 1. The van der Waals surface area contributed by atoms with Gasteiger partial charge in [-0.25, -0.2) is 9.97 Å². The van der Waals surface area contributed by atoms with Crippen LogP contribution in [-0.4, -0.2) is 33.4 Å². The summed E-state index contributed by atoms with van der Waals surface area (Å²) in [5.74, 6) is 0.576. The third-order valence-corrected chi connectivity index (χ3v) is 3.19. The molecule has 0 fully saturated rings. The Labute approximate surface area is 131 Å². The van der Waals surface area contributed by atoms with Gasteiger partial charge in [0.05, 0.1) is 12.4 Å². The Morgan fingerprint density at radius 3 is 2.45 bits per heavy atom. The van der Waals surface area contributed by atoms with Gasteiger partial charge in [-0.2, -0.15) is 0 Å². The van der Waals surface area contributed by atoms with Gasteiger partial charge in [-0.1, -0.05) is 30.3 Å². The summed E-state index contributed by atoms with van der Waals surface area (Å²) in [6.07, 6.45) is 3.13. The maximum Gasteiger partial charge on any atom is 0.274 e. The molecular weight excluding hydrogens is 276 g/mol. The molecule has 0 saturated heterocycles. The predicted octanol–water partition coefficient (Wildman–Crippen LogP) is 2.96. The van der Waals surface area contributed by atoms with Gasteiger partial charge in [0.15, 0.2) is 0 Å². The molecule has 0 aliphatic carbocycles. The molecule has 116 valence electrons. The van der Waals surface area contributed by atoms with Gasteiger partial charge < -0.3 is 10.2 Å². The molecule has 0 unspecified atom stereocenters. The number of benzene rings is 1. The van der Waals surface area contributed by atoms with Crippen molar-refractivity contribution in [2.75, 3.05) is 11.9 Å². The highest BCUT2D eigenvalue weighted by Gasteiger charge is 2.16. The zero-order valence-electron chi connectivity index (χ0n) is 13.3. The van der Waals surface area contributed by atoms with Crippen molar-refractivity contribution >= 4 is 11.7 Å². The molecule has 1 aromatic carbocycles. The first-order chi connectivity index (χ1) is 10.6. The molecule has 0 radical (unpaired) electrons. The summed E-state index contributed by atoms with van der Waals surface area (Å²) in [5, 5.41) is 3.16. The van der Waals surface area contributed by atoms with E-state index in [9.17, 15) is 4.79 Å². The summed E-state index contributed by atoms with van der Waals surface area (Å²) >= 11 is 0. The molecule has 0 spiro atoms. The zero-order valence-corrected chi connectivity index (χ0v) is 13.3. The minimum absolute atomic E-state index is 0.102. The van der Waals surface area contributed by atoms with Gasteiger partial charge in [-0.3, -0.25) is 4.79 Å². The van der Waals surface area contributed by atoms with Gasteiger partial charge >= 0.3 is 0 Å². The van der Waals surface area contributed by atoms with Crippen molar-refractivity contribution in [2.24, 2.45) is 0 Å². The van der Waals surface area contributed by atoms with Crippen molar-refractivity contribution in [3.05, 3.63) is 54.0 Å². The van der Waals surface area contributed by atoms with Crippen LogP contribution in [0.5, 0.6) is 0 Å². The first-order valence-electron chi connectivity index (χ1n) is 7.52. The van der Waals surface area contributed by atoms with Crippen LogP contribution in [0, 0.1) is 0 Å². The maximum absolute atomic E-state index is 12.5. The number of aromatic nitrogens is 2. The molecule has 0 atom stereocenters. The van der Waals surface area contributed by atoms with Gasteiger partial charge in [-0.05, 0) is 26.3 Å². The van der Waals surface area contributed by atoms with E-state index in [1.165, 1.54) is 6.20 Å². The monoisotopic (exact) mass is 298 g/mol. The zero-order chi connectivity index (χ0) is 15.9. The van der Waals surface area contributed by atoms with Crippen molar-refractivity contribution in [3.63, 3.8) is 0 Å². The number of anilines is 1. The molecule has 2 aromatic rings. The average molecular weight is 298 g/mol. The molecule has 0 saturated carbocycles. The number of nitrogens with one attached hydrogen (secondary N) is 1. The van der Waals surface area contributed by atoms with Crippen LogP contribution >= 0.6 is 0 Å². The molecule has 5 nitrogen and oxygen atoms in total. The number of nitrogens with zero attached hydrogens (tertiary/aromatic N) is 3. The highest BCUT2D eigenvalue weighted by molar-refractivity contribution is 5.92. The van der Waals surface area contributed by atoms with E-state index >= 15 is 0 Å². The van der Waals surface area contributed by atoms with Gasteiger partial charge in [0, 0.05) is 19.1 Å². The normalized spacial score (nSPS) is 10.5. The van der Waals surface area contributed by atoms with Crippen LogP contribution < -0.4 is 5.32 Å². The summed E-state index contributed by atoms with van der Waals surface area (Å²) in [4.78, 5) is 22.7. The molecule has 2 rings (SSSR count). The second kappa shape index (κ2) is 7.54. The largest absolute Gasteiger partial charge is 0.367 e. The summed E-state index contributed by atoms with van der Waals surface area (Å²) in [6.45, 7) is 7.22.